The zero-order valence-electron chi connectivity index (χ0n) is 9.41. The van der Waals surface area contributed by atoms with Gasteiger partial charge in [0, 0.05) is 0 Å². The molecule has 0 aliphatic rings. The van der Waals surface area contributed by atoms with Gasteiger partial charge in [0.25, 0.3) is 5.91 Å². The molecule has 0 bridgehead atoms. The third-order valence-corrected chi connectivity index (χ3v) is 2.12. The summed E-state index contributed by atoms with van der Waals surface area (Å²) in [5.41, 5.74) is 5.63. The summed E-state index contributed by atoms with van der Waals surface area (Å²) in [7, 11) is 0. The summed E-state index contributed by atoms with van der Waals surface area (Å²) in [6.07, 6.45) is 0. The van der Waals surface area contributed by atoms with Crippen LogP contribution in [0, 0.1) is 0 Å². The van der Waals surface area contributed by atoms with E-state index in [1.165, 1.54) is 0 Å². The van der Waals surface area contributed by atoms with Crippen LogP contribution in [-0.2, 0) is 0 Å². The second-order valence-electron chi connectivity index (χ2n) is 3.28. The number of rotatable bonds is 3. The van der Waals surface area contributed by atoms with Crippen molar-refractivity contribution in [2.75, 3.05) is 0 Å². The molecule has 2 N–H and O–H groups in total. The first kappa shape index (κ1) is 16.3. The van der Waals surface area contributed by atoms with Gasteiger partial charge in [-0.1, -0.05) is 30.3 Å². The Labute approximate surface area is 118 Å². The maximum Gasteiger partial charge on any atom is 0.252 e. The fourth-order valence-corrected chi connectivity index (χ4v) is 1.37. The van der Waals surface area contributed by atoms with Gasteiger partial charge < -0.3 is 10.5 Å². The van der Waals surface area contributed by atoms with Crippen molar-refractivity contribution >= 4 is 30.7 Å². The summed E-state index contributed by atoms with van der Waals surface area (Å²) in [5.74, 6) is 0.656. The topological polar surface area (TPSA) is 52.3 Å². The van der Waals surface area contributed by atoms with E-state index in [0.717, 1.165) is 0 Å². The van der Waals surface area contributed by atoms with Gasteiger partial charge in [0.1, 0.15) is 11.5 Å². The van der Waals surface area contributed by atoms with E-state index in [9.17, 15) is 4.79 Å². The second-order valence-corrected chi connectivity index (χ2v) is 3.28. The van der Waals surface area contributed by atoms with Crippen LogP contribution in [0.25, 0.3) is 0 Å². The number of para-hydroxylation sites is 2. The monoisotopic (exact) mass is 285 g/mol. The van der Waals surface area contributed by atoms with Crippen molar-refractivity contribution in [3.05, 3.63) is 60.2 Å². The van der Waals surface area contributed by atoms with Crippen molar-refractivity contribution in [2.24, 2.45) is 5.73 Å². The summed E-state index contributed by atoms with van der Waals surface area (Å²) < 4.78 is 5.57. The van der Waals surface area contributed by atoms with Crippen molar-refractivity contribution in [3.8, 4) is 11.5 Å². The lowest BCUT2D eigenvalue weighted by molar-refractivity contribution is 0.0998. The number of carbonyl (C=O) groups is 1. The molecule has 3 nitrogen and oxygen atoms in total. The normalized spacial score (nSPS) is 8.67. The van der Waals surface area contributed by atoms with Crippen LogP contribution in [0.2, 0.25) is 0 Å². The highest BCUT2D eigenvalue weighted by Crippen LogP contribution is 2.24. The summed E-state index contributed by atoms with van der Waals surface area (Å²) in [6.45, 7) is 0. The summed E-state index contributed by atoms with van der Waals surface area (Å²) in [4.78, 5) is 11.2. The molecule has 0 atom stereocenters. The van der Waals surface area contributed by atoms with Crippen LogP contribution < -0.4 is 10.5 Å². The molecule has 0 saturated carbocycles. The van der Waals surface area contributed by atoms with Crippen molar-refractivity contribution < 1.29 is 9.53 Å². The van der Waals surface area contributed by atoms with Gasteiger partial charge in [-0.05, 0) is 24.3 Å². The number of hydrogen-bond donors (Lipinski definition) is 1. The Kier molecular flexibility index (Phi) is 6.86. The Bertz CT molecular complexity index is 503. The van der Waals surface area contributed by atoms with Crippen molar-refractivity contribution in [1.29, 1.82) is 0 Å². The molecule has 0 saturated heterocycles. The fraction of sp³-hybridized carbons (Fsp3) is 0. The highest BCUT2D eigenvalue weighted by Gasteiger charge is 2.08. The second kappa shape index (κ2) is 7.58. The highest BCUT2D eigenvalue weighted by molar-refractivity contribution is 5.95. The van der Waals surface area contributed by atoms with Crippen LogP contribution in [0.15, 0.2) is 54.6 Å². The number of nitrogens with two attached hydrogens (primary N) is 1. The molecule has 2 aromatic carbocycles. The first-order chi connectivity index (χ1) is 7.77. The largest absolute Gasteiger partial charge is 0.457 e. The Morgan fingerprint density at radius 3 is 2.06 bits per heavy atom. The summed E-state index contributed by atoms with van der Waals surface area (Å²) >= 11 is 0. The molecule has 2 aromatic rings. The molecule has 96 valence electrons. The zero-order valence-corrected chi connectivity index (χ0v) is 11.0. The molecule has 0 radical (unpaired) electrons. The minimum Gasteiger partial charge on any atom is -0.457 e. The average Bonchev–Trinajstić information content (AvgIpc) is 2.31. The molecular formula is C13H13Cl2NO2. The van der Waals surface area contributed by atoms with Crippen LogP contribution >= 0.6 is 24.8 Å². The van der Waals surface area contributed by atoms with Gasteiger partial charge in [0.15, 0.2) is 0 Å². The fourth-order valence-electron chi connectivity index (χ4n) is 1.37. The van der Waals surface area contributed by atoms with Crippen molar-refractivity contribution in [3.63, 3.8) is 0 Å². The average molecular weight is 286 g/mol. The number of amides is 1. The van der Waals surface area contributed by atoms with E-state index in [1.807, 2.05) is 30.3 Å². The molecule has 0 aliphatic carbocycles. The van der Waals surface area contributed by atoms with E-state index < -0.39 is 5.91 Å². The van der Waals surface area contributed by atoms with Gasteiger partial charge in [-0.15, -0.1) is 24.8 Å². The van der Waals surface area contributed by atoms with Gasteiger partial charge >= 0.3 is 0 Å². The Balaban J connectivity index is 0.00000144. The Morgan fingerprint density at radius 2 is 1.44 bits per heavy atom. The van der Waals surface area contributed by atoms with Crippen LogP contribution in [0.4, 0.5) is 0 Å². The van der Waals surface area contributed by atoms with Crippen LogP contribution in [0.5, 0.6) is 11.5 Å². The van der Waals surface area contributed by atoms with Crippen LogP contribution in [-0.4, -0.2) is 5.91 Å². The number of carbonyl (C=O) groups excluding carboxylic acids is 1. The lowest BCUT2D eigenvalue weighted by Crippen LogP contribution is -2.11. The third-order valence-electron chi connectivity index (χ3n) is 2.12. The van der Waals surface area contributed by atoms with Gasteiger partial charge in [-0.2, -0.15) is 0 Å². The minimum absolute atomic E-state index is 0. The maximum absolute atomic E-state index is 11.2. The first-order valence-electron chi connectivity index (χ1n) is 4.89. The van der Waals surface area contributed by atoms with Gasteiger partial charge in [0.05, 0.1) is 5.56 Å². The van der Waals surface area contributed by atoms with Crippen LogP contribution in [0.1, 0.15) is 10.4 Å². The van der Waals surface area contributed by atoms with E-state index in [4.69, 9.17) is 10.5 Å². The van der Waals surface area contributed by atoms with E-state index in [-0.39, 0.29) is 24.8 Å². The maximum atomic E-state index is 11.2. The lowest BCUT2D eigenvalue weighted by atomic mass is 10.2. The molecule has 0 aromatic heterocycles. The highest BCUT2D eigenvalue weighted by atomic mass is 35.5. The van der Waals surface area contributed by atoms with Crippen molar-refractivity contribution in [2.45, 2.75) is 0 Å². The number of hydrogen-bond acceptors (Lipinski definition) is 2. The van der Waals surface area contributed by atoms with Gasteiger partial charge in [0.2, 0.25) is 0 Å². The number of benzene rings is 2. The lowest BCUT2D eigenvalue weighted by Gasteiger charge is -2.08. The molecule has 1 amide bonds. The minimum atomic E-state index is -0.494. The van der Waals surface area contributed by atoms with E-state index in [2.05, 4.69) is 0 Å². The zero-order chi connectivity index (χ0) is 11.4. The summed E-state index contributed by atoms with van der Waals surface area (Å²) in [6, 6.07) is 16.2. The Hall–Kier alpha value is -1.71. The van der Waals surface area contributed by atoms with Crippen molar-refractivity contribution in [1.82, 2.24) is 0 Å². The van der Waals surface area contributed by atoms with E-state index in [1.54, 1.807) is 24.3 Å². The first-order valence-corrected chi connectivity index (χ1v) is 4.89. The molecular weight excluding hydrogens is 273 g/mol. The molecule has 0 heterocycles. The molecule has 5 heteroatoms. The molecule has 2 rings (SSSR count). The van der Waals surface area contributed by atoms with Crippen LogP contribution in [0.3, 0.4) is 0 Å². The molecule has 0 spiro atoms. The molecule has 0 aliphatic heterocycles. The smallest absolute Gasteiger partial charge is 0.252 e. The predicted molar refractivity (Wildman–Crippen MR) is 76.0 cm³/mol. The molecule has 18 heavy (non-hydrogen) atoms. The quantitative estimate of drug-likeness (QED) is 0.939. The predicted octanol–water partition coefficient (Wildman–Crippen LogP) is 3.42. The Morgan fingerprint density at radius 1 is 0.889 bits per heavy atom. The SMILES string of the molecule is Cl.Cl.NC(=O)c1ccccc1Oc1ccccc1. The number of halogens is 2. The van der Waals surface area contributed by atoms with Gasteiger partial charge in [-0.3, -0.25) is 4.79 Å². The number of primary amides is 1. The third kappa shape index (κ3) is 3.95. The van der Waals surface area contributed by atoms with E-state index >= 15 is 0 Å². The summed E-state index contributed by atoms with van der Waals surface area (Å²) in [5, 5.41) is 0. The molecule has 0 unspecified atom stereocenters. The standard InChI is InChI=1S/C13H11NO2.2ClH/c14-13(15)11-8-4-5-9-12(11)16-10-6-2-1-3-7-10;;/h1-9H,(H2,14,15);2*1H. The van der Waals surface area contributed by atoms with E-state index in [0.29, 0.717) is 17.1 Å². The number of ether oxygens (including phenoxy) is 1. The molecule has 0 fully saturated rings. The van der Waals surface area contributed by atoms with Gasteiger partial charge in [-0.25, -0.2) is 0 Å².